The number of carbonyl (C=O) groups excluding carboxylic acids is 1. The zero-order valence-corrected chi connectivity index (χ0v) is 46.4. The van der Waals surface area contributed by atoms with Gasteiger partial charge in [0.1, 0.15) is 13.2 Å². The molecule has 400 valence electrons. The Hall–Kier alpha value is -2.32. The van der Waals surface area contributed by atoms with Crippen molar-refractivity contribution in [3.8, 4) is 0 Å². The Labute approximate surface area is 426 Å². The third-order valence-corrected chi connectivity index (χ3v) is 13.3. The zero-order valence-electron chi connectivity index (χ0n) is 45.5. The Morgan fingerprint density at radius 3 is 1.33 bits per heavy atom. The molecule has 0 spiro atoms. The van der Waals surface area contributed by atoms with Gasteiger partial charge in [-0.3, -0.25) is 13.8 Å². The lowest BCUT2D eigenvalue weighted by Crippen LogP contribution is -2.45. The highest BCUT2D eigenvalue weighted by atomic mass is 31.2. The molecule has 9 heteroatoms. The first-order valence-electron chi connectivity index (χ1n) is 28.5. The van der Waals surface area contributed by atoms with Crippen LogP contribution in [0.3, 0.4) is 0 Å². The minimum atomic E-state index is -4.36. The van der Waals surface area contributed by atoms with Crippen molar-refractivity contribution in [3.63, 3.8) is 0 Å². The van der Waals surface area contributed by atoms with Crippen molar-refractivity contribution in [1.82, 2.24) is 5.32 Å². The van der Waals surface area contributed by atoms with Gasteiger partial charge in [-0.25, -0.2) is 4.57 Å². The fourth-order valence-corrected chi connectivity index (χ4v) is 8.64. The summed E-state index contributed by atoms with van der Waals surface area (Å²) in [6, 6.07) is -0.868. The van der Waals surface area contributed by atoms with Crippen molar-refractivity contribution in [1.29, 1.82) is 0 Å². The van der Waals surface area contributed by atoms with Gasteiger partial charge in [0.25, 0.3) is 0 Å². The van der Waals surface area contributed by atoms with Crippen LogP contribution in [0.1, 0.15) is 239 Å². The Morgan fingerprint density at radius 1 is 0.507 bits per heavy atom. The smallest absolute Gasteiger partial charge is 0.387 e. The van der Waals surface area contributed by atoms with Crippen molar-refractivity contribution in [2.45, 2.75) is 251 Å². The fraction of sp³-hybridized carbons (Fsp3) is 0.750. The summed E-state index contributed by atoms with van der Waals surface area (Å²) in [6.45, 7) is 4.69. The van der Waals surface area contributed by atoms with E-state index in [9.17, 15) is 19.4 Å². The van der Waals surface area contributed by atoms with Crippen LogP contribution >= 0.6 is 7.82 Å². The molecule has 0 aliphatic heterocycles. The number of hydrogen-bond acceptors (Lipinski definition) is 5. The molecule has 3 N–H and O–H groups in total. The molecule has 0 aromatic heterocycles. The summed E-state index contributed by atoms with van der Waals surface area (Å²) in [5.74, 6) is -0.190. The predicted octanol–water partition coefficient (Wildman–Crippen LogP) is 17.3. The van der Waals surface area contributed by atoms with Gasteiger partial charge in [0.05, 0.1) is 39.9 Å². The minimum Gasteiger partial charge on any atom is -0.387 e. The number of hydrogen-bond donors (Lipinski definition) is 3. The first-order valence-corrected chi connectivity index (χ1v) is 30.0. The number of carbonyl (C=O) groups is 1. The van der Waals surface area contributed by atoms with E-state index in [-0.39, 0.29) is 19.1 Å². The second kappa shape index (κ2) is 50.6. The van der Waals surface area contributed by atoms with E-state index >= 15 is 0 Å². The molecule has 0 aliphatic rings. The third-order valence-electron chi connectivity index (χ3n) is 12.3. The molecular formula is C60H110N2O6P+. The molecule has 3 unspecified atom stereocenters. The largest absolute Gasteiger partial charge is 0.472 e. The van der Waals surface area contributed by atoms with Gasteiger partial charge < -0.3 is 19.8 Å². The van der Waals surface area contributed by atoms with E-state index in [2.05, 4.69) is 92.1 Å². The van der Waals surface area contributed by atoms with Crippen molar-refractivity contribution in [2.75, 3.05) is 40.9 Å². The van der Waals surface area contributed by atoms with E-state index in [0.717, 1.165) is 70.6 Å². The molecule has 0 aromatic carbocycles. The van der Waals surface area contributed by atoms with Gasteiger partial charge in [0, 0.05) is 6.42 Å². The van der Waals surface area contributed by atoms with Crippen LogP contribution in [0.25, 0.3) is 0 Å². The van der Waals surface area contributed by atoms with Gasteiger partial charge >= 0.3 is 7.82 Å². The number of aliphatic hydroxyl groups is 1. The van der Waals surface area contributed by atoms with E-state index in [0.29, 0.717) is 17.4 Å². The van der Waals surface area contributed by atoms with Gasteiger partial charge in [-0.2, -0.15) is 0 Å². The number of nitrogens with one attached hydrogen (secondary N) is 1. The molecule has 0 aliphatic carbocycles. The Balaban J connectivity index is 4.22. The van der Waals surface area contributed by atoms with Crippen LogP contribution in [0.5, 0.6) is 0 Å². The van der Waals surface area contributed by atoms with Crippen molar-refractivity contribution < 1.29 is 32.9 Å². The van der Waals surface area contributed by atoms with E-state index in [4.69, 9.17) is 9.05 Å². The summed E-state index contributed by atoms with van der Waals surface area (Å²) in [4.78, 5) is 23.3. The second-order valence-corrected chi connectivity index (χ2v) is 21.7. The second-order valence-electron chi connectivity index (χ2n) is 20.3. The van der Waals surface area contributed by atoms with Gasteiger partial charge in [0.2, 0.25) is 5.91 Å². The Morgan fingerprint density at radius 2 is 0.884 bits per heavy atom. The number of phosphoric acid groups is 1. The molecule has 0 heterocycles. The number of phosphoric ester groups is 1. The van der Waals surface area contributed by atoms with E-state index in [1.54, 1.807) is 6.08 Å². The van der Waals surface area contributed by atoms with Crippen LogP contribution in [-0.4, -0.2) is 73.4 Å². The number of aliphatic hydroxyl groups excluding tert-OH is 1. The van der Waals surface area contributed by atoms with Crippen molar-refractivity contribution in [2.24, 2.45) is 0 Å². The van der Waals surface area contributed by atoms with Crippen LogP contribution in [-0.2, 0) is 18.4 Å². The predicted molar refractivity (Wildman–Crippen MR) is 299 cm³/mol. The minimum absolute atomic E-state index is 0.0531. The molecule has 0 saturated heterocycles. The van der Waals surface area contributed by atoms with Crippen LogP contribution in [0.15, 0.2) is 85.1 Å². The van der Waals surface area contributed by atoms with E-state index < -0.39 is 20.0 Å². The first kappa shape index (κ1) is 66.7. The quantitative estimate of drug-likeness (QED) is 0.0243. The van der Waals surface area contributed by atoms with Gasteiger partial charge in [-0.15, -0.1) is 0 Å². The molecule has 0 aromatic rings. The molecule has 0 bridgehead atoms. The zero-order chi connectivity index (χ0) is 50.6. The maximum absolute atomic E-state index is 13.0. The van der Waals surface area contributed by atoms with Gasteiger partial charge in [-0.1, -0.05) is 240 Å². The Kier molecular flexibility index (Phi) is 48.9. The van der Waals surface area contributed by atoms with Crippen molar-refractivity contribution >= 4 is 13.7 Å². The summed E-state index contributed by atoms with van der Waals surface area (Å²) in [5.41, 5.74) is 0. The number of likely N-dealkylation sites (N-methyl/N-ethyl adjacent to an activating group) is 1. The number of nitrogens with zero attached hydrogens (tertiary/aromatic N) is 1. The molecular weight excluding hydrogens is 876 g/mol. The summed E-state index contributed by atoms with van der Waals surface area (Å²) in [7, 11) is 1.55. The van der Waals surface area contributed by atoms with Crippen molar-refractivity contribution in [3.05, 3.63) is 85.1 Å². The number of amides is 1. The lowest BCUT2D eigenvalue weighted by Gasteiger charge is -2.25. The molecule has 3 atom stereocenters. The Bertz CT molecular complexity index is 1400. The molecule has 0 fully saturated rings. The summed E-state index contributed by atoms with van der Waals surface area (Å²) in [5, 5.41) is 13.9. The summed E-state index contributed by atoms with van der Waals surface area (Å²) >= 11 is 0. The third kappa shape index (κ3) is 53.3. The number of rotatable bonds is 51. The fourth-order valence-electron chi connectivity index (χ4n) is 7.91. The van der Waals surface area contributed by atoms with E-state index in [1.807, 2.05) is 27.2 Å². The highest BCUT2D eigenvalue weighted by Crippen LogP contribution is 2.43. The molecule has 0 rings (SSSR count). The average Bonchev–Trinajstić information content (AvgIpc) is 3.31. The molecule has 0 radical (unpaired) electrons. The number of unbranched alkanes of at least 4 members (excludes halogenated alkanes) is 26. The number of allylic oxidation sites excluding steroid dienone is 13. The topological polar surface area (TPSA) is 105 Å². The van der Waals surface area contributed by atoms with Crippen LogP contribution in [0.2, 0.25) is 0 Å². The summed E-state index contributed by atoms with van der Waals surface area (Å²) < 4.78 is 23.7. The monoisotopic (exact) mass is 986 g/mol. The molecule has 0 saturated carbocycles. The maximum atomic E-state index is 13.0. The highest BCUT2D eigenvalue weighted by Gasteiger charge is 2.27. The number of quaternary nitrogens is 1. The normalized spacial score (nSPS) is 14.6. The lowest BCUT2D eigenvalue weighted by atomic mass is 10.0. The highest BCUT2D eigenvalue weighted by molar-refractivity contribution is 7.47. The van der Waals surface area contributed by atoms with Gasteiger partial charge in [-0.05, 0) is 77.0 Å². The SMILES string of the molecule is CC/C=C\C/C=C\C/C=C\C/C=C\C/C=C\CCCCCCCCCCCCCCCC(=O)NC(COP(=O)(O)OCC[N+](C)(C)C)C(O)/C=C/CC/C=C/CCCCCCCCCCCCCC. The van der Waals surface area contributed by atoms with Crippen LogP contribution < -0.4 is 5.32 Å². The molecule has 1 amide bonds. The molecule has 69 heavy (non-hydrogen) atoms. The average molecular weight is 987 g/mol. The summed E-state index contributed by atoms with van der Waals surface area (Å²) in [6.07, 6.45) is 71.1. The van der Waals surface area contributed by atoms with Gasteiger partial charge in [0.15, 0.2) is 0 Å². The maximum Gasteiger partial charge on any atom is 0.472 e. The van der Waals surface area contributed by atoms with E-state index in [1.165, 1.54) is 148 Å². The van der Waals surface area contributed by atoms with Crippen LogP contribution in [0.4, 0.5) is 0 Å². The molecule has 8 nitrogen and oxygen atoms in total. The lowest BCUT2D eigenvalue weighted by molar-refractivity contribution is -0.870. The first-order chi connectivity index (χ1) is 33.5. The standard InChI is InChI=1S/C60H109N2O6P/c1-6-8-10-12-14-16-18-20-22-24-26-27-28-29-30-31-32-33-34-35-36-38-40-42-44-46-48-50-52-54-60(64)61-58(57-68-69(65,66)67-56-55-62(3,4)5)59(63)53-51-49-47-45-43-41-39-37-25-23-21-19-17-15-13-11-9-7-2/h8,10,14,16,20,22,26-27,29-30,43,45,51,53,58-59,63H,6-7,9,11-13,15,17-19,21,23-25,28,31-42,44,46-50,52,54-57H2,1-5H3,(H-,61,64,65,66)/p+1/b10-8-,16-14-,22-20-,27-26-,30-29-,45-43+,53-51+. The van der Waals surface area contributed by atoms with Crippen LogP contribution in [0, 0.1) is 0 Å².